The molecule has 8 heteroatoms. The lowest BCUT2D eigenvalue weighted by molar-refractivity contribution is 0.460. The van der Waals surface area contributed by atoms with Crippen LogP contribution in [0.2, 0.25) is 0 Å². The lowest BCUT2D eigenvalue weighted by atomic mass is 10.2. The first-order valence-electron chi connectivity index (χ1n) is 31.9. The molecule has 0 amide bonds. The number of aryl methyl sites for hydroxylation is 10. The van der Waals surface area contributed by atoms with Crippen molar-refractivity contribution in [3.8, 4) is 80.5 Å². The van der Waals surface area contributed by atoms with E-state index in [4.69, 9.17) is 33.2 Å². The zero-order valence-corrected chi connectivity index (χ0v) is 57.1. The van der Waals surface area contributed by atoms with Gasteiger partial charge in [-0.05, 0) is 251 Å². The zero-order chi connectivity index (χ0) is 67.4. The number of rotatable bonds is 16. The molecular weight excluding hydrogens is 1260 g/mol. The second kappa shape index (κ2) is 42.6. The van der Waals surface area contributed by atoms with Gasteiger partial charge in [-0.25, -0.2) is 0 Å². The largest absolute Gasteiger partial charge is 0.457 e. The van der Waals surface area contributed by atoms with E-state index >= 15 is 0 Å². The Morgan fingerprint density at radius 1 is 0.149 bits per heavy atom. The van der Waals surface area contributed by atoms with Gasteiger partial charge in [-0.15, -0.1) is 0 Å². The van der Waals surface area contributed by atoms with Crippen molar-refractivity contribution in [3.05, 3.63) is 371 Å². The van der Waals surface area contributed by atoms with Gasteiger partial charge in [-0.3, -0.25) is 0 Å². The Hall–Kier alpha value is -11.2. The lowest BCUT2D eigenvalue weighted by Gasteiger charge is -2.10. The number of hydrogen-bond donors (Lipinski definition) is 0. The molecule has 13 aromatic rings. The molecule has 0 aliphatic carbocycles. The lowest BCUT2D eigenvalue weighted by Crippen LogP contribution is -1.87. The summed E-state index contributed by atoms with van der Waals surface area (Å²) in [6.45, 7) is 20.8. The maximum atomic E-state index is 5.91. The van der Waals surface area contributed by atoms with E-state index < -0.39 is 0 Å². The molecule has 0 heterocycles. The fourth-order valence-corrected chi connectivity index (χ4v) is 9.89. The molecule has 0 aromatic heterocycles. The molecule has 101 heavy (non-hydrogen) atoms. The standard InChI is InChI=1S/C26H22O3.2C20H18O2.C14H14S.C8H10.5CH4/c1-19-3-7-21(8-4-19)27-23-11-15-25(16-12-23)29-26-17-13-24(14-18-26)28-22-9-5-20(2)6-10-22;1-15-3-7-17(8-4-15)21-19-11-13-20(14-12-19)22-18-9-5-16(2)6-10-18;1-15-6-10-17(11-7-15)21-19-4-3-5-20(14-19)22-18-12-8-16(2)9-13-18;1-11-3-7-13(8-4-11)15-14-9-5-12(2)6-10-14;1-7-4-3-5-8(2)6-7;;;;;/h3-18H,1-2H3;2*3-14H,1-2H3;3-10H,1-2H3;3-6H,1-2H3;5*1H4. The van der Waals surface area contributed by atoms with E-state index in [0.29, 0.717) is 0 Å². The second-order valence-electron chi connectivity index (χ2n) is 23.4. The fraction of sp³-hybridized carbons (Fsp3) is 0.161. The summed E-state index contributed by atoms with van der Waals surface area (Å²) >= 11 is 1.80. The molecule has 13 aromatic carbocycles. The van der Waals surface area contributed by atoms with E-state index in [1.54, 1.807) is 11.8 Å². The van der Waals surface area contributed by atoms with E-state index in [-0.39, 0.29) is 37.1 Å². The van der Waals surface area contributed by atoms with E-state index in [9.17, 15) is 0 Å². The van der Waals surface area contributed by atoms with Crippen LogP contribution < -0.4 is 33.2 Å². The van der Waals surface area contributed by atoms with E-state index in [0.717, 1.165) is 80.5 Å². The molecule has 0 N–H and O–H groups in total. The summed E-state index contributed by atoms with van der Waals surface area (Å²) in [6, 6.07) is 104. The molecular formula is C93H102O7S. The Kier molecular flexibility index (Phi) is 34.7. The normalized spacial score (nSPS) is 9.72. The van der Waals surface area contributed by atoms with Crippen LogP contribution in [0.1, 0.15) is 92.8 Å². The van der Waals surface area contributed by atoms with Crippen molar-refractivity contribution in [2.24, 2.45) is 0 Å². The summed E-state index contributed by atoms with van der Waals surface area (Å²) in [6.07, 6.45) is 0. The van der Waals surface area contributed by atoms with E-state index in [1.807, 2.05) is 243 Å². The summed E-state index contributed by atoms with van der Waals surface area (Å²) in [7, 11) is 0. The van der Waals surface area contributed by atoms with Crippen LogP contribution >= 0.6 is 11.8 Å². The molecule has 0 radical (unpaired) electrons. The van der Waals surface area contributed by atoms with Crippen molar-refractivity contribution in [1.29, 1.82) is 0 Å². The van der Waals surface area contributed by atoms with Gasteiger partial charge in [-0.1, -0.05) is 232 Å². The molecule has 0 saturated carbocycles. The molecule has 0 bridgehead atoms. The highest BCUT2D eigenvalue weighted by Crippen LogP contribution is 2.33. The van der Waals surface area contributed by atoms with Crippen molar-refractivity contribution in [1.82, 2.24) is 0 Å². The van der Waals surface area contributed by atoms with Crippen molar-refractivity contribution in [2.45, 2.75) is 116 Å². The molecule has 13 rings (SSSR count). The summed E-state index contributed by atoms with van der Waals surface area (Å²) < 4.78 is 40.9. The highest BCUT2D eigenvalue weighted by molar-refractivity contribution is 7.99. The summed E-state index contributed by atoms with van der Waals surface area (Å²) in [5.41, 5.74) is 12.6. The Morgan fingerprint density at radius 2 is 0.297 bits per heavy atom. The maximum Gasteiger partial charge on any atom is 0.131 e. The Balaban J connectivity index is 0.000000275. The maximum absolute atomic E-state index is 5.91. The van der Waals surface area contributed by atoms with Crippen LogP contribution in [0.4, 0.5) is 0 Å². The van der Waals surface area contributed by atoms with Gasteiger partial charge >= 0.3 is 0 Å². The molecule has 0 atom stereocenters. The number of benzene rings is 13. The monoisotopic (exact) mass is 1360 g/mol. The van der Waals surface area contributed by atoms with Crippen LogP contribution in [-0.4, -0.2) is 0 Å². The molecule has 0 unspecified atom stereocenters. The fourth-order valence-electron chi connectivity index (χ4n) is 9.07. The van der Waals surface area contributed by atoms with Crippen molar-refractivity contribution < 1.29 is 33.2 Å². The molecule has 0 fully saturated rings. The predicted octanol–water partition coefficient (Wildman–Crippen LogP) is 29.4. The van der Waals surface area contributed by atoms with Gasteiger partial charge in [0.15, 0.2) is 0 Å². The third kappa shape index (κ3) is 29.4. The quantitative estimate of drug-likeness (QED) is 0.0948. The minimum atomic E-state index is 0. The predicted molar refractivity (Wildman–Crippen MR) is 429 cm³/mol. The van der Waals surface area contributed by atoms with Crippen LogP contribution in [0, 0.1) is 69.2 Å². The average molecular weight is 1360 g/mol. The first-order chi connectivity index (χ1) is 46.5. The van der Waals surface area contributed by atoms with Gasteiger partial charge in [0, 0.05) is 15.9 Å². The summed E-state index contributed by atoms with van der Waals surface area (Å²) in [5.74, 6) is 11.0. The van der Waals surface area contributed by atoms with E-state index in [2.05, 4.69) is 142 Å². The molecule has 0 spiro atoms. The van der Waals surface area contributed by atoms with Crippen LogP contribution in [0.15, 0.2) is 325 Å². The van der Waals surface area contributed by atoms with Crippen LogP contribution in [-0.2, 0) is 0 Å². The van der Waals surface area contributed by atoms with Gasteiger partial charge in [0.2, 0.25) is 0 Å². The Morgan fingerprint density at radius 3 is 0.465 bits per heavy atom. The highest BCUT2D eigenvalue weighted by atomic mass is 32.2. The third-order valence-corrected chi connectivity index (χ3v) is 15.5. The van der Waals surface area contributed by atoms with Crippen molar-refractivity contribution in [3.63, 3.8) is 0 Å². The third-order valence-electron chi connectivity index (χ3n) is 14.5. The Labute approximate surface area is 609 Å². The minimum absolute atomic E-state index is 0. The van der Waals surface area contributed by atoms with Crippen molar-refractivity contribution in [2.75, 3.05) is 0 Å². The number of hydrogen-bond acceptors (Lipinski definition) is 8. The van der Waals surface area contributed by atoms with Crippen LogP contribution in [0.3, 0.4) is 0 Å². The summed E-state index contributed by atoms with van der Waals surface area (Å²) in [4.78, 5) is 2.59. The number of ether oxygens (including phenoxy) is 7. The molecule has 0 aliphatic rings. The molecule has 0 saturated heterocycles. The smallest absolute Gasteiger partial charge is 0.131 e. The molecule has 522 valence electrons. The van der Waals surface area contributed by atoms with Gasteiger partial charge in [0.05, 0.1) is 0 Å². The van der Waals surface area contributed by atoms with Gasteiger partial charge in [0.25, 0.3) is 0 Å². The van der Waals surface area contributed by atoms with E-state index in [1.165, 1.54) is 65.4 Å². The SMILES string of the molecule is C.C.C.C.C.Cc1ccc(Oc2ccc(Oc3ccc(C)cc3)cc2)cc1.Cc1ccc(Oc2ccc(Oc3ccc(Oc4ccc(C)cc4)cc3)cc2)cc1.Cc1ccc(Oc2cccc(Oc3ccc(C)cc3)c2)cc1.Cc1ccc(Sc2ccc(C)cc2)cc1.Cc1cccc(C)c1. The van der Waals surface area contributed by atoms with Gasteiger partial charge < -0.3 is 33.2 Å². The average Bonchev–Trinajstić information content (AvgIpc) is 0.898. The Bertz CT molecular complexity index is 4130. The van der Waals surface area contributed by atoms with Crippen LogP contribution in [0.25, 0.3) is 0 Å². The highest BCUT2D eigenvalue weighted by Gasteiger charge is 2.06. The van der Waals surface area contributed by atoms with Gasteiger partial charge in [0.1, 0.15) is 80.5 Å². The molecule has 0 aliphatic heterocycles. The van der Waals surface area contributed by atoms with Gasteiger partial charge in [-0.2, -0.15) is 0 Å². The first kappa shape index (κ1) is 82.2. The van der Waals surface area contributed by atoms with Crippen molar-refractivity contribution >= 4 is 11.8 Å². The van der Waals surface area contributed by atoms with Crippen LogP contribution in [0.5, 0.6) is 80.5 Å². The summed E-state index contributed by atoms with van der Waals surface area (Å²) in [5, 5.41) is 0. The zero-order valence-electron chi connectivity index (χ0n) is 56.3. The second-order valence-corrected chi connectivity index (χ2v) is 24.5. The molecule has 7 nitrogen and oxygen atoms in total. The first-order valence-corrected chi connectivity index (χ1v) is 32.8. The minimum Gasteiger partial charge on any atom is -0.457 e. The topological polar surface area (TPSA) is 64.6 Å².